The standard InChI is InChI=1S/C23H27N3O8S/c1-33-19-9-7-16(12-20(19)34-2)35(31,32)26(18(23(29)30)8-10-21(24)27)22(28)17-11-14-5-3-4-6-15(14)13-25-17/h3-7,9,12,17-18,25H,8,10-11,13H2,1-2H3,(H2,24,27)(H,29,30)/t17-,18-/m0/s1. The van der Waals surface area contributed by atoms with Gasteiger partial charge in [-0.25, -0.2) is 17.5 Å². The summed E-state index contributed by atoms with van der Waals surface area (Å²) < 4.78 is 38.1. The number of carbonyl (C=O) groups is 3. The van der Waals surface area contributed by atoms with Crippen molar-refractivity contribution in [2.45, 2.75) is 42.8 Å². The molecule has 0 radical (unpaired) electrons. The molecule has 2 atom stereocenters. The molecule has 1 heterocycles. The second-order valence-corrected chi connectivity index (χ2v) is 9.74. The molecule has 35 heavy (non-hydrogen) atoms. The molecule has 188 valence electrons. The van der Waals surface area contributed by atoms with E-state index in [-0.39, 0.29) is 22.8 Å². The van der Waals surface area contributed by atoms with Crippen molar-refractivity contribution in [2.24, 2.45) is 5.73 Å². The summed E-state index contributed by atoms with van der Waals surface area (Å²) in [7, 11) is -2.01. The molecule has 2 amide bonds. The number of methoxy groups -OCH3 is 2. The third-order valence-electron chi connectivity index (χ3n) is 5.74. The zero-order valence-corrected chi connectivity index (χ0v) is 20.1. The van der Waals surface area contributed by atoms with Crippen LogP contribution in [0.2, 0.25) is 0 Å². The van der Waals surface area contributed by atoms with E-state index in [0.29, 0.717) is 10.8 Å². The summed E-state index contributed by atoms with van der Waals surface area (Å²) in [6.07, 6.45) is -0.746. The predicted octanol–water partition coefficient (Wildman–Crippen LogP) is 0.654. The molecule has 0 spiro atoms. The lowest BCUT2D eigenvalue weighted by Gasteiger charge is -2.33. The highest BCUT2D eigenvalue weighted by Crippen LogP contribution is 2.32. The van der Waals surface area contributed by atoms with Gasteiger partial charge in [0.15, 0.2) is 11.5 Å². The Labute approximate surface area is 202 Å². The van der Waals surface area contributed by atoms with Crippen molar-refractivity contribution in [3.8, 4) is 11.5 Å². The number of benzene rings is 2. The quantitative estimate of drug-likeness (QED) is 0.420. The number of primary amides is 1. The molecule has 3 rings (SSSR count). The van der Waals surface area contributed by atoms with E-state index in [1.807, 2.05) is 18.2 Å². The van der Waals surface area contributed by atoms with E-state index in [1.54, 1.807) is 6.07 Å². The first-order chi connectivity index (χ1) is 16.6. The highest BCUT2D eigenvalue weighted by Gasteiger charge is 2.43. The van der Waals surface area contributed by atoms with Crippen molar-refractivity contribution < 1.29 is 37.4 Å². The maximum Gasteiger partial charge on any atom is 0.327 e. The van der Waals surface area contributed by atoms with Gasteiger partial charge >= 0.3 is 5.97 Å². The minimum absolute atomic E-state index is 0.0784. The van der Waals surface area contributed by atoms with Gasteiger partial charge in [0.2, 0.25) is 5.91 Å². The summed E-state index contributed by atoms with van der Waals surface area (Å²) in [6, 6.07) is 8.17. The number of nitrogens with one attached hydrogen (secondary N) is 1. The Morgan fingerprint density at radius 1 is 1.11 bits per heavy atom. The first-order valence-corrected chi connectivity index (χ1v) is 12.2. The number of ether oxygens (including phenoxy) is 2. The van der Waals surface area contributed by atoms with Crippen molar-refractivity contribution in [3.63, 3.8) is 0 Å². The second-order valence-electron chi connectivity index (χ2n) is 7.92. The van der Waals surface area contributed by atoms with Crippen LogP contribution in [0.4, 0.5) is 0 Å². The molecule has 0 saturated heterocycles. The number of carbonyl (C=O) groups excluding carboxylic acids is 2. The molecule has 11 nitrogen and oxygen atoms in total. The maximum absolute atomic E-state index is 13.7. The van der Waals surface area contributed by atoms with Crippen molar-refractivity contribution in [3.05, 3.63) is 53.6 Å². The summed E-state index contributed by atoms with van der Waals surface area (Å²) in [5, 5.41) is 12.9. The van der Waals surface area contributed by atoms with Crippen LogP contribution >= 0.6 is 0 Å². The van der Waals surface area contributed by atoms with Gasteiger partial charge in [0, 0.05) is 19.0 Å². The monoisotopic (exact) mass is 505 g/mol. The normalized spacial score (nSPS) is 16.0. The molecule has 0 aromatic heterocycles. The van der Waals surface area contributed by atoms with E-state index in [4.69, 9.17) is 15.2 Å². The number of nitrogens with zero attached hydrogens (tertiary/aromatic N) is 1. The average Bonchev–Trinajstić information content (AvgIpc) is 2.84. The Balaban J connectivity index is 2.08. The van der Waals surface area contributed by atoms with Crippen LogP contribution in [0, 0.1) is 0 Å². The Bertz CT molecular complexity index is 1230. The number of carboxylic acids is 1. The minimum Gasteiger partial charge on any atom is -0.493 e. The number of nitrogens with two attached hydrogens (primary N) is 1. The van der Waals surface area contributed by atoms with Gasteiger partial charge in [0.1, 0.15) is 6.04 Å². The van der Waals surface area contributed by atoms with Crippen LogP contribution in [-0.2, 0) is 37.4 Å². The first kappa shape index (κ1) is 26.0. The van der Waals surface area contributed by atoms with Crippen LogP contribution in [0.15, 0.2) is 47.4 Å². The number of fused-ring (bicyclic) bond motifs is 1. The molecular weight excluding hydrogens is 478 g/mol. The average molecular weight is 506 g/mol. The number of rotatable bonds is 10. The zero-order chi connectivity index (χ0) is 25.8. The number of amides is 2. The molecule has 2 aromatic rings. The van der Waals surface area contributed by atoms with Gasteiger partial charge in [0.05, 0.1) is 25.2 Å². The number of sulfonamides is 1. The van der Waals surface area contributed by atoms with Crippen LogP contribution in [0.1, 0.15) is 24.0 Å². The molecule has 1 aliphatic heterocycles. The van der Waals surface area contributed by atoms with Crippen molar-refractivity contribution in [1.29, 1.82) is 0 Å². The Hall–Kier alpha value is -3.64. The lowest BCUT2D eigenvalue weighted by molar-refractivity contribution is -0.147. The highest BCUT2D eigenvalue weighted by molar-refractivity contribution is 7.89. The molecule has 1 aliphatic rings. The molecule has 0 aliphatic carbocycles. The van der Waals surface area contributed by atoms with Gasteiger partial charge in [-0.15, -0.1) is 0 Å². The van der Waals surface area contributed by atoms with E-state index in [0.717, 1.165) is 17.2 Å². The smallest absolute Gasteiger partial charge is 0.327 e. The lowest BCUT2D eigenvalue weighted by Crippen LogP contribution is -2.56. The summed E-state index contributed by atoms with van der Waals surface area (Å²) >= 11 is 0. The highest BCUT2D eigenvalue weighted by atomic mass is 32.2. The molecule has 12 heteroatoms. The van der Waals surface area contributed by atoms with Crippen LogP contribution in [-0.4, -0.2) is 61.9 Å². The van der Waals surface area contributed by atoms with Gasteiger partial charge in [-0.3, -0.25) is 9.59 Å². The third-order valence-corrected chi connectivity index (χ3v) is 7.54. The topological polar surface area (TPSA) is 165 Å². The van der Waals surface area contributed by atoms with E-state index in [9.17, 15) is 27.9 Å². The van der Waals surface area contributed by atoms with E-state index in [2.05, 4.69) is 5.32 Å². The number of hydrogen-bond acceptors (Lipinski definition) is 8. The van der Waals surface area contributed by atoms with E-state index in [1.165, 1.54) is 26.4 Å². The van der Waals surface area contributed by atoms with Gasteiger partial charge < -0.3 is 25.6 Å². The van der Waals surface area contributed by atoms with Gasteiger partial charge in [-0.05, 0) is 36.1 Å². The fraction of sp³-hybridized carbons (Fsp3) is 0.348. The van der Waals surface area contributed by atoms with Crippen LogP contribution in [0.5, 0.6) is 11.5 Å². The Morgan fingerprint density at radius 3 is 2.37 bits per heavy atom. The summed E-state index contributed by atoms with van der Waals surface area (Å²) in [6.45, 7) is 0.301. The fourth-order valence-corrected chi connectivity index (χ4v) is 5.55. The van der Waals surface area contributed by atoms with E-state index >= 15 is 0 Å². The van der Waals surface area contributed by atoms with Gasteiger partial charge in [-0.2, -0.15) is 0 Å². The van der Waals surface area contributed by atoms with Crippen molar-refractivity contribution in [2.75, 3.05) is 14.2 Å². The largest absolute Gasteiger partial charge is 0.493 e. The Morgan fingerprint density at radius 2 is 1.77 bits per heavy atom. The first-order valence-electron chi connectivity index (χ1n) is 10.7. The molecule has 2 aromatic carbocycles. The van der Waals surface area contributed by atoms with Crippen LogP contribution < -0.4 is 20.5 Å². The zero-order valence-electron chi connectivity index (χ0n) is 19.3. The lowest BCUT2D eigenvalue weighted by atomic mass is 9.95. The SMILES string of the molecule is COc1ccc(S(=O)(=O)N(C(=O)[C@@H]2Cc3ccccc3CN2)[C@@H](CCC(N)=O)C(=O)O)cc1OC. The molecule has 0 bridgehead atoms. The maximum atomic E-state index is 13.7. The third kappa shape index (κ3) is 5.54. The van der Waals surface area contributed by atoms with Crippen molar-refractivity contribution >= 4 is 27.8 Å². The number of hydrogen-bond donors (Lipinski definition) is 3. The molecule has 0 unspecified atom stereocenters. The van der Waals surface area contributed by atoms with Gasteiger partial charge in [0.25, 0.3) is 15.9 Å². The summed E-state index contributed by atoms with van der Waals surface area (Å²) in [5.41, 5.74) is 6.97. The fourth-order valence-electron chi connectivity index (χ4n) is 3.93. The molecule has 0 fully saturated rings. The number of aliphatic carboxylic acids is 1. The van der Waals surface area contributed by atoms with Gasteiger partial charge in [-0.1, -0.05) is 24.3 Å². The Kier molecular flexibility index (Phi) is 7.97. The second kappa shape index (κ2) is 10.7. The van der Waals surface area contributed by atoms with Crippen molar-refractivity contribution in [1.82, 2.24) is 9.62 Å². The van der Waals surface area contributed by atoms with Crippen LogP contribution in [0.25, 0.3) is 0 Å². The minimum atomic E-state index is -4.70. The van der Waals surface area contributed by atoms with E-state index < -0.39 is 52.7 Å². The molecule has 0 saturated carbocycles. The summed E-state index contributed by atoms with van der Waals surface area (Å²) in [4.78, 5) is 36.8. The van der Waals surface area contributed by atoms with Crippen LogP contribution in [0.3, 0.4) is 0 Å². The molecule has 4 N–H and O–H groups in total. The predicted molar refractivity (Wildman–Crippen MR) is 124 cm³/mol. The molecular formula is C23H27N3O8S. The number of carboxylic acid groups (broad SMARTS) is 1. The summed E-state index contributed by atoms with van der Waals surface area (Å²) in [5.74, 6) is -3.03.